The maximum absolute atomic E-state index is 5.82. The third-order valence-electron chi connectivity index (χ3n) is 3.56. The van der Waals surface area contributed by atoms with E-state index in [1.165, 1.54) is 0 Å². The molecule has 5 N–H and O–H groups in total. The minimum Gasteiger partial charge on any atom is -0.368 e. The summed E-state index contributed by atoms with van der Waals surface area (Å²) in [4.78, 5) is 8.51. The molecule has 3 rings (SSSR count). The number of nitrogens with two attached hydrogens (primary N) is 2. The number of anilines is 2. The van der Waals surface area contributed by atoms with Gasteiger partial charge in [-0.15, -0.1) is 0 Å². The van der Waals surface area contributed by atoms with Gasteiger partial charge in [-0.25, -0.2) is 4.98 Å². The van der Waals surface area contributed by atoms with Crippen LogP contribution in [0.3, 0.4) is 0 Å². The van der Waals surface area contributed by atoms with E-state index in [9.17, 15) is 0 Å². The number of hydrogen-bond donors (Lipinski definition) is 3. The second-order valence-corrected chi connectivity index (χ2v) is 5.16. The summed E-state index contributed by atoms with van der Waals surface area (Å²) < 4.78 is 1.86. The summed E-state index contributed by atoms with van der Waals surface area (Å²) in [6.45, 7) is 1.52. The van der Waals surface area contributed by atoms with Crippen LogP contribution in [0.15, 0.2) is 24.5 Å². The first-order chi connectivity index (χ1) is 9.70. The maximum atomic E-state index is 5.82. The zero-order chi connectivity index (χ0) is 13.9. The molecular formula is C13H19N7. The Kier molecular flexibility index (Phi) is 3.51. The van der Waals surface area contributed by atoms with Crippen LogP contribution in [0.2, 0.25) is 0 Å². The van der Waals surface area contributed by atoms with Crippen molar-refractivity contribution in [1.29, 1.82) is 0 Å². The molecule has 1 saturated carbocycles. The van der Waals surface area contributed by atoms with Crippen molar-refractivity contribution < 1.29 is 0 Å². The lowest BCUT2D eigenvalue weighted by Gasteiger charge is -2.32. The number of nitrogen functional groups attached to an aromatic ring is 1. The van der Waals surface area contributed by atoms with Crippen LogP contribution < -0.4 is 16.8 Å². The Hall–Kier alpha value is -2.15. The van der Waals surface area contributed by atoms with Crippen molar-refractivity contribution in [3.8, 4) is 0 Å². The van der Waals surface area contributed by atoms with Crippen molar-refractivity contribution in [2.24, 2.45) is 5.73 Å². The van der Waals surface area contributed by atoms with E-state index >= 15 is 0 Å². The minimum absolute atomic E-state index is 0.299. The molecule has 0 saturated heterocycles. The van der Waals surface area contributed by atoms with E-state index in [0.717, 1.165) is 37.4 Å². The van der Waals surface area contributed by atoms with Crippen molar-refractivity contribution in [2.75, 3.05) is 17.6 Å². The normalized spacial score (nSPS) is 21.4. The fourth-order valence-corrected chi connectivity index (χ4v) is 2.42. The monoisotopic (exact) mass is 273 g/mol. The second kappa shape index (κ2) is 5.46. The lowest BCUT2D eigenvalue weighted by atomic mass is 9.78. The van der Waals surface area contributed by atoms with Gasteiger partial charge in [-0.2, -0.15) is 10.1 Å². The predicted octanol–water partition coefficient (Wildman–Crippen LogP) is 0.572. The predicted molar refractivity (Wildman–Crippen MR) is 77.1 cm³/mol. The SMILES string of the molecule is Nc1nc(NCCn2cccn2)cc(C2CC(N)C2)n1. The molecule has 0 aromatic carbocycles. The summed E-state index contributed by atoms with van der Waals surface area (Å²) >= 11 is 0. The fraction of sp³-hybridized carbons (Fsp3) is 0.462. The van der Waals surface area contributed by atoms with Crippen molar-refractivity contribution >= 4 is 11.8 Å². The Morgan fingerprint density at radius 3 is 2.90 bits per heavy atom. The van der Waals surface area contributed by atoms with Crippen molar-refractivity contribution in [3.05, 3.63) is 30.2 Å². The van der Waals surface area contributed by atoms with Gasteiger partial charge in [0.1, 0.15) is 5.82 Å². The number of hydrogen-bond acceptors (Lipinski definition) is 6. The largest absolute Gasteiger partial charge is 0.368 e. The maximum Gasteiger partial charge on any atom is 0.222 e. The highest BCUT2D eigenvalue weighted by molar-refractivity contribution is 5.41. The first kappa shape index (κ1) is 12.9. The van der Waals surface area contributed by atoms with Gasteiger partial charge < -0.3 is 16.8 Å². The van der Waals surface area contributed by atoms with Gasteiger partial charge in [0, 0.05) is 37.0 Å². The average Bonchev–Trinajstić information content (AvgIpc) is 2.87. The van der Waals surface area contributed by atoms with Crippen LogP contribution in [-0.4, -0.2) is 32.3 Å². The van der Waals surface area contributed by atoms with Gasteiger partial charge in [-0.05, 0) is 18.9 Å². The molecule has 2 heterocycles. The molecule has 0 atom stereocenters. The summed E-state index contributed by atoms with van der Waals surface area (Å²) in [6, 6.07) is 4.17. The Morgan fingerprint density at radius 2 is 2.20 bits per heavy atom. The van der Waals surface area contributed by atoms with Gasteiger partial charge in [0.2, 0.25) is 5.95 Å². The molecule has 106 valence electrons. The lowest BCUT2D eigenvalue weighted by Crippen LogP contribution is -2.35. The molecule has 1 aliphatic carbocycles. The molecule has 2 aromatic heterocycles. The number of rotatable bonds is 5. The Morgan fingerprint density at radius 1 is 1.35 bits per heavy atom. The zero-order valence-electron chi connectivity index (χ0n) is 11.2. The molecule has 2 aromatic rings. The molecule has 0 spiro atoms. The molecule has 20 heavy (non-hydrogen) atoms. The number of nitrogens with one attached hydrogen (secondary N) is 1. The van der Waals surface area contributed by atoms with E-state index in [0.29, 0.717) is 17.9 Å². The van der Waals surface area contributed by atoms with Crippen molar-refractivity contribution in [1.82, 2.24) is 19.7 Å². The summed E-state index contributed by atoms with van der Waals surface area (Å²) in [7, 11) is 0. The molecule has 7 heteroatoms. The van der Waals surface area contributed by atoms with Gasteiger partial charge in [-0.3, -0.25) is 4.68 Å². The van der Waals surface area contributed by atoms with Crippen LogP contribution >= 0.6 is 0 Å². The van der Waals surface area contributed by atoms with Crippen molar-refractivity contribution in [3.63, 3.8) is 0 Å². The topological polar surface area (TPSA) is 108 Å². The van der Waals surface area contributed by atoms with Crippen LogP contribution in [0.4, 0.5) is 11.8 Å². The quantitative estimate of drug-likeness (QED) is 0.735. The van der Waals surface area contributed by atoms with Crippen LogP contribution in [0, 0.1) is 0 Å². The third-order valence-corrected chi connectivity index (χ3v) is 3.56. The molecule has 0 amide bonds. The highest BCUT2D eigenvalue weighted by Crippen LogP contribution is 2.35. The second-order valence-electron chi connectivity index (χ2n) is 5.16. The molecule has 0 bridgehead atoms. The van der Waals surface area contributed by atoms with Gasteiger partial charge in [-0.1, -0.05) is 0 Å². The van der Waals surface area contributed by atoms with Gasteiger partial charge in [0.05, 0.1) is 12.2 Å². The zero-order valence-corrected chi connectivity index (χ0v) is 11.2. The molecule has 7 nitrogen and oxygen atoms in total. The van der Waals surface area contributed by atoms with Crippen LogP contribution in [-0.2, 0) is 6.54 Å². The summed E-state index contributed by atoms with van der Waals surface area (Å²) in [5, 5.41) is 7.40. The standard InChI is InChI=1S/C13H19N7/c14-10-6-9(7-10)11-8-12(19-13(15)18-11)16-3-5-20-4-1-2-17-20/h1-2,4,8-10H,3,5-7,14H2,(H3,15,16,18,19). The van der Waals surface area contributed by atoms with E-state index in [2.05, 4.69) is 20.4 Å². The fourth-order valence-electron chi connectivity index (χ4n) is 2.42. The first-order valence-electron chi connectivity index (χ1n) is 6.82. The summed E-state index contributed by atoms with van der Waals surface area (Å²) in [5.74, 6) is 1.49. The smallest absolute Gasteiger partial charge is 0.222 e. The Bertz CT molecular complexity index is 560. The molecule has 0 aliphatic heterocycles. The molecular weight excluding hydrogens is 254 g/mol. The van der Waals surface area contributed by atoms with E-state index in [4.69, 9.17) is 11.5 Å². The molecule has 1 fully saturated rings. The molecule has 0 unspecified atom stereocenters. The van der Waals surface area contributed by atoms with E-state index in [1.807, 2.05) is 23.0 Å². The third kappa shape index (κ3) is 2.88. The molecule has 1 aliphatic rings. The van der Waals surface area contributed by atoms with Gasteiger partial charge in [0.25, 0.3) is 0 Å². The highest BCUT2D eigenvalue weighted by Gasteiger charge is 2.28. The average molecular weight is 273 g/mol. The number of aromatic nitrogens is 4. The lowest BCUT2D eigenvalue weighted by molar-refractivity contribution is 0.345. The minimum atomic E-state index is 0.299. The van der Waals surface area contributed by atoms with E-state index < -0.39 is 0 Å². The van der Waals surface area contributed by atoms with Crippen LogP contribution in [0.5, 0.6) is 0 Å². The van der Waals surface area contributed by atoms with E-state index in [-0.39, 0.29) is 0 Å². The van der Waals surface area contributed by atoms with Crippen molar-refractivity contribution in [2.45, 2.75) is 31.3 Å². The van der Waals surface area contributed by atoms with Crippen LogP contribution in [0.1, 0.15) is 24.5 Å². The van der Waals surface area contributed by atoms with Crippen LogP contribution in [0.25, 0.3) is 0 Å². The first-order valence-corrected chi connectivity index (χ1v) is 6.82. The van der Waals surface area contributed by atoms with E-state index in [1.54, 1.807) is 6.20 Å². The van der Waals surface area contributed by atoms with Gasteiger partial charge >= 0.3 is 0 Å². The summed E-state index contributed by atoms with van der Waals surface area (Å²) in [6.07, 6.45) is 5.64. The summed E-state index contributed by atoms with van der Waals surface area (Å²) in [5.41, 5.74) is 12.6. The number of nitrogens with zero attached hydrogens (tertiary/aromatic N) is 4. The highest BCUT2D eigenvalue weighted by atomic mass is 15.3. The van der Waals surface area contributed by atoms with Gasteiger partial charge in [0.15, 0.2) is 0 Å². The molecule has 0 radical (unpaired) electrons. The Balaban J connectivity index is 1.61. The Labute approximate surface area is 117 Å².